The quantitative estimate of drug-likeness (QED) is 0.431. The van der Waals surface area contributed by atoms with Gasteiger partial charge in [-0.2, -0.15) is 0 Å². The molecule has 0 aliphatic heterocycles. The van der Waals surface area contributed by atoms with E-state index in [4.69, 9.17) is 11.6 Å². The van der Waals surface area contributed by atoms with Crippen LogP contribution in [-0.4, -0.2) is 5.63 Å². The molecule has 0 heterocycles. The molecule has 0 aliphatic carbocycles. The van der Waals surface area contributed by atoms with E-state index in [1.807, 2.05) is 6.92 Å². The third kappa shape index (κ3) is 5.04. The summed E-state index contributed by atoms with van der Waals surface area (Å²) in [6.45, 7) is 3.99. The highest BCUT2D eigenvalue weighted by Crippen LogP contribution is 2.18. The summed E-state index contributed by atoms with van der Waals surface area (Å²) in [6.07, 6.45) is 4.39. The van der Waals surface area contributed by atoms with Crippen LogP contribution in [0.3, 0.4) is 0 Å². The summed E-state index contributed by atoms with van der Waals surface area (Å²) in [7, 11) is 0. The van der Waals surface area contributed by atoms with E-state index in [0.717, 1.165) is 12.8 Å². The summed E-state index contributed by atoms with van der Waals surface area (Å²) < 4.78 is 12.3. The minimum atomic E-state index is -1.16. The average molecular weight is 167 g/mol. The highest BCUT2D eigenvalue weighted by atomic mass is 35.5. The summed E-state index contributed by atoms with van der Waals surface area (Å²) in [5.41, 5.74) is -1.16. The molecule has 0 nitrogen and oxygen atoms in total. The van der Waals surface area contributed by atoms with Crippen LogP contribution in [0.1, 0.15) is 39.5 Å². The lowest BCUT2D eigenvalue weighted by Gasteiger charge is -2.09. The molecule has 2 heteroatoms. The molecule has 10 heavy (non-hydrogen) atoms. The van der Waals surface area contributed by atoms with Crippen molar-refractivity contribution in [3.8, 4) is 0 Å². The second-order valence-corrected chi connectivity index (χ2v) is 3.22. The van der Waals surface area contributed by atoms with E-state index in [2.05, 4.69) is 6.92 Å². The Balaban J connectivity index is 3.13. The third-order valence-corrected chi connectivity index (χ3v) is 2.12. The average Bonchev–Trinajstić information content (AvgIpc) is 1.88. The molecule has 0 rings (SSSR count). The fourth-order valence-corrected chi connectivity index (χ4v) is 0.968. The Morgan fingerprint density at radius 3 is 2.40 bits per heavy atom. The van der Waals surface area contributed by atoms with E-state index in [9.17, 15) is 4.39 Å². The molecular weight excluding hydrogens is 151 g/mol. The molecular formula is C8H16ClF. The first-order valence-corrected chi connectivity index (χ1v) is 4.40. The van der Waals surface area contributed by atoms with Crippen molar-refractivity contribution < 1.29 is 4.39 Å². The van der Waals surface area contributed by atoms with Crippen LogP contribution in [0, 0.1) is 5.92 Å². The SMILES string of the molecule is CCCCCC(C)C(F)Cl. The Kier molecular flexibility index (Phi) is 6.10. The second-order valence-electron chi connectivity index (χ2n) is 2.81. The van der Waals surface area contributed by atoms with E-state index >= 15 is 0 Å². The van der Waals surface area contributed by atoms with Crippen LogP contribution in [-0.2, 0) is 0 Å². The van der Waals surface area contributed by atoms with Crippen LogP contribution in [0.25, 0.3) is 0 Å². The van der Waals surface area contributed by atoms with E-state index in [1.54, 1.807) is 0 Å². The molecule has 0 aromatic carbocycles. The molecule has 2 unspecified atom stereocenters. The predicted octanol–water partition coefficient (Wildman–Crippen LogP) is 3.74. The molecule has 0 aromatic rings. The standard InChI is InChI=1S/C8H16ClF/c1-3-4-5-6-7(2)8(9)10/h7-8H,3-6H2,1-2H3. The molecule has 0 aromatic heterocycles. The zero-order valence-corrected chi connectivity index (χ0v) is 7.49. The van der Waals surface area contributed by atoms with Crippen molar-refractivity contribution in [2.45, 2.75) is 45.2 Å². The molecule has 62 valence electrons. The van der Waals surface area contributed by atoms with Gasteiger partial charge in [-0.25, -0.2) is 4.39 Å². The largest absolute Gasteiger partial charge is 0.230 e. The van der Waals surface area contributed by atoms with Crippen LogP contribution < -0.4 is 0 Å². The molecule has 0 fully saturated rings. The minimum absolute atomic E-state index is 0.0215. The van der Waals surface area contributed by atoms with E-state index in [0.29, 0.717) is 0 Å². The first-order chi connectivity index (χ1) is 4.68. The molecule has 0 saturated heterocycles. The predicted molar refractivity (Wildman–Crippen MR) is 44.1 cm³/mol. The number of halogens is 2. The van der Waals surface area contributed by atoms with Gasteiger partial charge in [0.05, 0.1) is 0 Å². The summed E-state index contributed by atoms with van der Waals surface area (Å²) in [5, 5.41) is 0. The lowest BCUT2D eigenvalue weighted by Crippen LogP contribution is -2.04. The van der Waals surface area contributed by atoms with Crippen molar-refractivity contribution in [2.24, 2.45) is 5.92 Å². The molecule has 0 aliphatic rings. The van der Waals surface area contributed by atoms with Gasteiger partial charge in [0.15, 0.2) is 5.63 Å². The number of hydrogen-bond acceptors (Lipinski definition) is 0. The monoisotopic (exact) mass is 166 g/mol. The van der Waals surface area contributed by atoms with Gasteiger partial charge in [0.2, 0.25) is 0 Å². The molecule has 0 spiro atoms. The Morgan fingerprint density at radius 2 is 2.00 bits per heavy atom. The summed E-state index contributed by atoms with van der Waals surface area (Å²) in [4.78, 5) is 0. The van der Waals surface area contributed by atoms with Crippen molar-refractivity contribution in [3.63, 3.8) is 0 Å². The number of unbranched alkanes of at least 4 members (excludes halogenated alkanes) is 2. The highest BCUT2D eigenvalue weighted by molar-refractivity contribution is 6.19. The molecule has 0 saturated carbocycles. The van der Waals surface area contributed by atoms with Gasteiger partial charge in [-0.1, -0.05) is 44.7 Å². The van der Waals surface area contributed by atoms with Gasteiger partial charge >= 0.3 is 0 Å². The molecule has 2 atom stereocenters. The Bertz CT molecular complexity index is 73.7. The number of alkyl halides is 2. The number of rotatable bonds is 5. The van der Waals surface area contributed by atoms with Gasteiger partial charge < -0.3 is 0 Å². The smallest absolute Gasteiger partial charge is 0.176 e. The summed E-state index contributed by atoms with van der Waals surface area (Å²) in [6, 6.07) is 0. The van der Waals surface area contributed by atoms with Gasteiger partial charge in [-0.3, -0.25) is 0 Å². The van der Waals surface area contributed by atoms with Crippen LogP contribution in [0.2, 0.25) is 0 Å². The molecule has 0 N–H and O–H groups in total. The van der Waals surface area contributed by atoms with Crippen LogP contribution in [0.15, 0.2) is 0 Å². The second kappa shape index (κ2) is 5.96. The van der Waals surface area contributed by atoms with Crippen molar-refractivity contribution in [3.05, 3.63) is 0 Å². The first kappa shape index (κ1) is 10.2. The van der Waals surface area contributed by atoms with E-state index in [-0.39, 0.29) is 5.92 Å². The van der Waals surface area contributed by atoms with Gasteiger partial charge in [-0.05, 0) is 6.42 Å². The Labute approximate surface area is 67.8 Å². The Hall–Kier alpha value is 0.220. The van der Waals surface area contributed by atoms with E-state index in [1.165, 1.54) is 12.8 Å². The lowest BCUT2D eigenvalue weighted by molar-refractivity contribution is 0.314. The summed E-state index contributed by atoms with van der Waals surface area (Å²) in [5.74, 6) is 0.0215. The zero-order chi connectivity index (χ0) is 7.98. The molecule has 0 bridgehead atoms. The first-order valence-electron chi connectivity index (χ1n) is 3.96. The Morgan fingerprint density at radius 1 is 1.40 bits per heavy atom. The minimum Gasteiger partial charge on any atom is -0.230 e. The molecule has 0 amide bonds. The van der Waals surface area contributed by atoms with Crippen LogP contribution >= 0.6 is 11.6 Å². The van der Waals surface area contributed by atoms with Crippen LogP contribution in [0.5, 0.6) is 0 Å². The van der Waals surface area contributed by atoms with Gasteiger partial charge in [0.25, 0.3) is 0 Å². The van der Waals surface area contributed by atoms with Crippen molar-refractivity contribution >= 4 is 11.6 Å². The zero-order valence-electron chi connectivity index (χ0n) is 6.74. The van der Waals surface area contributed by atoms with Crippen molar-refractivity contribution in [1.82, 2.24) is 0 Å². The molecule has 0 radical (unpaired) electrons. The maximum atomic E-state index is 12.3. The third-order valence-electron chi connectivity index (χ3n) is 1.69. The highest BCUT2D eigenvalue weighted by Gasteiger charge is 2.10. The number of hydrogen-bond donors (Lipinski definition) is 0. The lowest BCUT2D eigenvalue weighted by atomic mass is 10.1. The van der Waals surface area contributed by atoms with Gasteiger partial charge in [0, 0.05) is 5.92 Å². The fraction of sp³-hybridized carbons (Fsp3) is 1.00. The maximum absolute atomic E-state index is 12.3. The van der Waals surface area contributed by atoms with Gasteiger partial charge in [0.1, 0.15) is 0 Å². The van der Waals surface area contributed by atoms with Gasteiger partial charge in [-0.15, -0.1) is 0 Å². The fourth-order valence-electron chi connectivity index (χ4n) is 0.842. The van der Waals surface area contributed by atoms with Crippen molar-refractivity contribution in [1.29, 1.82) is 0 Å². The topological polar surface area (TPSA) is 0 Å². The van der Waals surface area contributed by atoms with Crippen LogP contribution in [0.4, 0.5) is 4.39 Å². The maximum Gasteiger partial charge on any atom is 0.176 e. The normalized spacial score (nSPS) is 16.8. The van der Waals surface area contributed by atoms with E-state index < -0.39 is 5.63 Å². The summed E-state index contributed by atoms with van der Waals surface area (Å²) >= 11 is 5.24. The van der Waals surface area contributed by atoms with Crippen molar-refractivity contribution in [2.75, 3.05) is 0 Å².